The van der Waals surface area contributed by atoms with Crippen molar-refractivity contribution in [3.05, 3.63) is 42.7 Å². The maximum atomic E-state index is 15.1. The number of nitrogens with zero attached hydrogens (tertiary/aromatic N) is 7. The number of phenols is 1. The number of aromatic hydroxyl groups is 1. The maximum Gasteiger partial charge on any atom is 0.151 e. The van der Waals surface area contributed by atoms with Crippen LogP contribution in [0, 0.1) is 5.92 Å². The van der Waals surface area contributed by atoms with Crippen molar-refractivity contribution in [3.63, 3.8) is 0 Å². The molecule has 8 nitrogen and oxygen atoms in total. The molecule has 2 aliphatic heterocycles. The van der Waals surface area contributed by atoms with Crippen LogP contribution in [0.2, 0.25) is 0 Å². The van der Waals surface area contributed by atoms with Crippen LogP contribution < -0.4 is 4.90 Å². The summed E-state index contributed by atoms with van der Waals surface area (Å²) in [4.78, 5) is 4.07. The molecule has 3 fully saturated rings. The van der Waals surface area contributed by atoms with Crippen molar-refractivity contribution in [2.75, 3.05) is 25.5 Å². The van der Waals surface area contributed by atoms with E-state index in [0.29, 0.717) is 22.8 Å². The van der Waals surface area contributed by atoms with E-state index in [1.165, 1.54) is 0 Å². The van der Waals surface area contributed by atoms with Gasteiger partial charge in [0.25, 0.3) is 0 Å². The van der Waals surface area contributed by atoms with E-state index in [9.17, 15) is 5.11 Å². The Morgan fingerprint density at radius 3 is 2.67 bits per heavy atom. The average molecular weight is 409 g/mol. The van der Waals surface area contributed by atoms with Crippen LogP contribution >= 0.6 is 0 Å². The number of fused-ring (bicyclic) bond motifs is 3. The topological polar surface area (TPSA) is 83.2 Å². The van der Waals surface area contributed by atoms with Crippen LogP contribution in [-0.4, -0.2) is 74.1 Å². The first-order valence-electron chi connectivity index (χ1n) is 10.1. The number of phenolic OH excluding ortho intramolecular Hbond substituents is 1. The van der Waals surface area contributed by atoms with Crippen LogP contribution in [0.4, 0.5) is 10.2 Å². The summed E-state index contributed by atoms with van der Waals surface area (Å²) in [6.45, 7) is 0.914. The van der Waals surface area contributed by atoms with E-state index in [2.05, 4.69) is 25.4 Å². The first kappa shape index (κ1) is 18.9. The van der Waals surface area contributed by atoms with Gasteiger partial charge in [-0.15, -0.1) is 15.3 Å². The van der Waals surface area contributed by atoms with Gasteiger partial charge in [0.2, 0.25) is 0 Å². The van der Waals surface area contributed by atoms with Gasteiger partial charge in [-0.1, -0.05) is 5.21 Å². The van der Waals surface area contributed by atoms with Gasteiger partial charge in [-0.2, -0.15) is 0 Å². The van der Waals surface area contributed by atoms with Crippen LogP contribution in [0.15, 0.2) is 42.7 Å². The Hall–Kier alpha value is -3.07. The molecule has 1 aliphatic carbocycles. The van der Waals surface area contributed by atoms with Crippen molar-refractivity contribution < 1.29 is 9.50 Å². The molecule has 2 bridgehead atoms. The van der Waals surface area contributed by atoms with Gasteiger partial charge in [-0.3, -0.25) is 0 Å². The number of aromatic nitrogens is 5. The number of piperidine rings is 2. The number of halogens is 1. The van der Waals surface area contributed by atoms with Gasteiger partial charge < -0.3 is 14.9 Å². The second kappa shape index (κ2) is 7.32. The molecule has 4 atom stereocenters. The third kappa shape index (κ3) is 3.09. The van der Waals surface area contributed by atoms with Gasteiger partial charge in [-0.25, -0.2) is 9.07 Å². The number of hydrogen-bond donors (Lipinski definition) is 1. The summed E-state index contributed by atoms with van der Waals surface area (Å²) in [6.07, 6.45) is 4.34. The second-order valence-corrected chi connectivity index (χ2v) is 8.22. The summed E-state index contributed by atoms with van der Waals surface area (Å²) < 4.78 is 16.7. The number of hydrogen-bond acceptors (Lipinski definition) is 7. The molecule has 2 unspecified atom stereocenters. The third-order valence-electron chi connectivity index (χ3n) is 6.50. The zero-order valence-electron chi connectivity index (χ0n) is 16.9. The van der Waals surface area contributed by atoms with Crippen molar-refractivity contribution in [1.29, 1.82) is 0 Å². The fourth-order valence-electron chi connectivity index (χ4n) is 4.94. The van der Waals surface area contributed by atoms with Crippen LogP contribution in [0.1, 0.15) is 12.8 Å². The molecule has 2 aromatic heterocycles. The molecule has 9 heteroatoms. The summed E-state index contributed by atoms with van der Waals surface area (Å²) in [6, 6.07) is 8.65. The zero-order chi connectivity index (χ0) is 20.8. The lowest BCUT2D eigenvalue weighted by Crippen LogP contribution is -2.64. The molecule has 0 spiro atoms. The van der Waals surface area contributed by atoms with E-state index in [1.54, 1.807) is 29.2 Å². The predicted molar refractivity (Wildman–Crippen MR) is 110 cm³/mol. The minimum Gasteiger partial charge on any atom is -0.507 e. The van der Waals surface area contributed by atoms with E-state index >= 15 is 4.39 Å². The number of alkyl halides is 1. The van der Waals surface area contributed by atoms with Crippen LogP contribution in [0.3, 0.4) is 0 Å². The number of benzene rings is 1. The first-order valence-corrected chi connectivity index (χ1v) is 10.1. The van der Waals surface area contributed by atoms with Crippen molar-refractivity contribution in [1.82, 2.24) is 30.1 Å². The summed E-state index contributed by atoms with van der Waals surface area (Å²) in [5.74, 6) is 1.00. The maximum absolute atomic E-state index is 15.1. The van der Waals surface area contributed by atoms with E-state index in [0.717, 1.165) is 19.4 Å². The normalized spacial score (nSPS) is 26.1. The summed E-state index contributed by atoms with van der Waals surface area (Å²) in [5, 5.41) is 26.8. The minimum atomic E-state index is -0.901. The highest BCUT2D eigenvalue weighted by Gasteiger charge is 2.48. The molecule has 2 saturated heterocycles. The molecule has 4 heterocycles. The molecule has 3 aromatic rings. The largest absolute Gasteiger partial charge is 0.507 e. The van der Waals surface area contributed by atoms with E-state index in [4.69, 9.17) is 0 Å². The molecule has 30 heavy (non-hydrogen) atoms. The average Bonchev–Trinajstić information content (AvgIpc) is 3.29. The van der Waals surface area contributed by atoms with Crippen molar-refractivity contribution in [2.45, 2.75) is 31.1 Å². The van der Waals surface area contributed by atoms with E-state index in [-0.39, 0.29) is 23.8 Å². The molecular weight excluding hydrogens is 385 g/mol. The van der Waals surface area contributed by atoms with Crippen LogP contribution in [0.25, 0.3) is 16.9 Å². The highest BCUT2D eigenvalue weighted by Crippen LogP contribution is 2.39. The molecule has 1 saturated carbocycles. The monoisotopic (exact) mass is 409 g/mol. The quantitative estimate of drug-likeness (QED) is 0.708. The molecule has 0 amide bonds. The lowest BCUT2D eigenvalue weighted by Gasteiger charge is -2.52. The van der Waals surface area contributed by atoms with Crippen LogP contribution in [0.5, 0.6) is 5.75 Å². The number of anilines is 1. The minimum absolute atomic E-state index is 0.0184. The molecule has 6 rings (SSSR count). The molecule has 1 N–H and O–H groups in total. The fourth-order valence-corrected chi connectivity index (χ4v) is 4.94. The highest BCUT2D eigenvalue weighted by molar-refractivity contribution is 5.69. The van der Waals surface area contributed by atoms with Crippen molar-refractivity contribution in [2.24, 2.45) is 5.92 Å². The zero-order valence-corrected chi connectivity index (χ0v) is 16.9. The number of rotatable bonds is 4. The van der Waals surface area contributed by atoms with Crippen LogP contribution in [-0.2, 0) is 0 Å². The summed E-state index contributed by atoms with van der Waals surface area (Å²) in [7, 11) is 3.90. The lowest BCUT2D eigenvalue weighted by atomic mass is 9.74. The Bertz CT molecular complexity index is 1020. The predicted octanol–water partition coefficient (Wildman–Crippen LogP) is 2.30. The SMILES string of the molecule is CN1CC2CCC1[C@@H](F)[C@@H]2N(C)c1ccc(-c2ccc(-n3ccnn3)cc2O)nn1. The Kier molecular flexibility index (Phi) is 4.62. The Labute approximate surface area is 174 Å². The van der Waals surface area contributed by atoms with Gasteiger partial charge in [-0.05, 0) is 50.1 Å². The van der Waals surface area contributed by atoms with Crippen molar-refractivity contribution >= 4 is 5.82 Å². The van der Waals surface area contributed by atoms with Crippen molar-refractivity contribution in [3.8, 4) is 22.7 Å². The molecule has 1 aromatic carbocycles. The summed E-state index contributed by atoms with van der Waals surface area (Å²) in [5.41, 5.74) is 1.82. The van der Waals surface area contributed by atoms with Gasteiger partial charge in [0.15, 0.2) is 5.82 Å². The Morgan fingerprint density at radius 1 is 1.17 bits per heavy atom. The summed E-state index contributed by atoms with van der Waals surface area (Å²) >= 11 is 0. The molecule has 0 radical (unpaired) electrons. The Morgan fingerprint density at radius 2 is 2.03 bits per heavy atom. The van der Waals surface area contributed by atoms with E-state index < -0.39 is 6.17 Å². The van der Waals surface area contributed by atoms with Gasteiger partial charge in [0.1, 0.15) is 11.9 Å². The Balaban J connectivity index is 1.37. The standard InChI is InChI=1S/C21H24FN7O/c1-27-12-13-3-7-17(27)20(22)21(13)28(2)19-8-6-16(24-25-19)15-5-4-14(11-18(15)30)29-10-9-23-26-29/h4-6,8-11,13,17,20-21,30H,3,7,12H2,1-2H3/t13?,17?,20-,21-/m1/s1. The lowest BCUT2D eigenvalue weighted by molar-refractivity contribution is -0.0177. The molecule has 156 valence electrons. The van der Waals surface area contributed by atoms with Gasteiger partial charge >= 0.3 is 0 Å². The molecule has 3 aliphatic rings. The smallest absolute Gasteiger partial charge is 0.151 e. The second-order valence-electron chi connectivity index (χ2n) is 8.22. The third-order valence-corrected chi connectivity index (χ3v) is 6.50. The van der Waals surface area contributed by atoms with Gasteiger partial charge in [0, 0.05) is 31.3 Å². The molecular formula is C21H24FN7O. The van der Waals surface area contributed by atoms with Gasteiger partial charge in [0.05, 0.1) is 29.8 Å². The first-order chi connectivity index (χ1) is 14.5. The van der Waals surface area contributed by atoms with E-state index in [1.807, 2.05) is 37.2 Å². The highest BCUT2D eigenvalue weighted by atomic mass is 19.1. The fraction of sp³-hybridized carbons (Fsp3) is 0.429.